The van der Waals surface area contributed by atoms with E-state index in [4.69, 9.17) is 6.42 Å². The molecule has 3 nitrogen and oxygen atoms in total. The van der Waals surface area contributed by atoms with E-state index in [-0.39, 0.29) is 35.3 Å². The van der Waals surface area contributed by atoms with E-state index in [1.165, 1.54) is 24.0 Å². The van der Waals surface area contributed by atoms with Gasteiger partial charge < -0.3 is 4.90 Å². The van der Waals surface area contributed by atoms with Crippen LogP contribution >= 0.6 is 0 Å². The number of benzene rings is 1. The SMILES string of the molecule is C#CC1CC(=O)N(c2ccc(C(C)=O)cc2F)C1. The molecule has 1 unspecified atom stereocenters. The van der Waals surface area contributed by atoms with Gasteiger partial charge in [0.1, 0.15) is 5.82 Å². The van der Waals surface area contributed by atoms with Crippen molar-refractivity contribution in [3.05, 3.63) is 29.6 Å². The molecule has 0 aromatic heterocycles. The van der Waals surface area contributed by atoms with Gasteiger partial charge in [-0.15, -0.1) is 12.3 Å². The van der Waals surface area contributed by atoms with Crippen LogP contribution < -0.4 is 4.90 Å². The Hall–Kier alpha value is -2.15. The van der Waals surface area contributed by atoms with Gasteiger partial charge in [-0.05, 0) is 25.1 Å². The molecule has 0 radical (unpaired) electrons. The topological polar surface area (TPSA) is 37.4 Å². The lowest BCUT2D eigenvalue weighted by Crippen LogP contribution is -2.25. The van der Waals surface area contributed by atoms with Crippen molar-refractivity contribution in [2.24, 2.45) is 5.92 Å². The summed E-state index contributed by atoms with van der Waals surface area (Å²) in [6.45, 7) is 1.69. The Morgan fingerprint density at radius 1 is 1.56 bits per heavy atom. The summed E-state index contributed by atoms with van der Waals surface area (Å²) in [4.78, 5) is 24.2. The molecule has 0 spiro atoms. The van der Waals surface area contributed by atoms with Crippen molar-refractivity contribution >= 4 is 17.4 Å². The lowest BCUT2D eigenvalue weighted by molar-refractivity contribution is -0.117. The molecule has 1 aliphatic heterocycles. The van der Waals surface area contributed by atoms with Crippen LogP contribution in [-0.4, -0.2) is 18.2 Å². The molecule has 0 aliphatic carbocycles. The highest BCUT2D eigenvalue weighted by atomic mass is 19.1. The number of halogens is 1. The van der Waals surface area contributed by atoms with Gasteiger partial charge in [-0.1, -0.05) is 0 Å². The monoisotopic (exact) mass is 245 g/mol. The molecule has 0 N–H and O–H groups in total. The van der Waals surface area contributed by atoms with Crippen LogP contribution in [0.4, 0.5) is 10.1 Å². The molecule has 1 aliphatic rings. The van der Waals surface area contributed by atoms with Crippen LogP contribution in [0, 0.1) is 24.1 Å². The van der Waals surface area contributed by atoms with Crippen LogP contribution in [0.2, 0.25) is 0 Å². The number of ketones is 1. The van der Waals surface area contributed by atoms with Gasteiger partial charge in [0.2, 0.25) is 5.91 Å². The standard InChI is InChI=1S/C14H12FNO2/c1-3-10-6-14(18)16(8-10)13-5-4-11(9(2)17)7-12(13)15/h1,4-5,7,10H,6,8H2,2H3. The first-order chi connectivity index (χ1) is 8.52. The second-order valence-electron chi connectivity index (χ2n) is 4.29. The smallest absolute Gasteiger partial charge is 0.228 e. The predicted octanol–water partition coefficient (Wildman–Crippen LogP) is 2.01. The van der Waals surface area contributed by atoms with E-state index < -0.39 is 5.82 Å². The number of hydrogen-bond donors (Lipinski definition) is 0. The molecule has 1 atom stereocenters. The van der Waals surface area contributed by atoms with E-state index >= 15 is 0 Å². The number of terminal acetylenes is 1. The average molecular weight is 245 g/mol. The van der Waals surface area contributed by atoms with Crippen molar-refractivity contribution in [3.63, 3.8) is 0 Å². The summed E-state index contributed by atoms with van der Waals surface area (Å²) in [5.74, 6) is 1.35. The maximum atomic E-state index is 13.9. The Morgan fingerprint density at radius 2 is 2.28 bits per heavy atom. The fraction of sp³-hybridized carbons (Fsp3) is 0.286. The third-order valence-corrected chi connectivity index (χ3v) is 3.01. The molecular weight excluding hydrogens is 233 g/mol. The van der Waals surface area contributed by atoms with Gasteiger partial charge in [-0.25, -0.2) is 4.39 Å². The van der Waals surface area contributed by atoms with Crippen LogP contribution in [0.25, 0.3) is 0 Å². The summed E-state index contributed by atoms with van der Waals surface area (Å²) < 4.78 is 13.9. The Labute approximate surface area is 105 Å². The second kappa shape index (κ2) is 4.61. The van der Waals surface area contributed by atoms with Crippen LogP contribution in [-0.2, 0) is 4.79 Å². The van der Waals surface area contributed by atoms with Gasteiger partial charge in [-0.2, -0.15) is 0 Å². The number of rotatable bonds is 2. The molecule has 0 saturated carbocycles. The van der Waals surface area contributed by atoms with Crippen molar-refractivity contribution in [3.8, 4) is 12.3 Å². The summed E-state index contributed by atoms with van der Waals surface area (Å²) in [5, 5.41) is 0. The largest absolute Gasteiger partial charge is 0.308 e. The molecule has 1 fully saturated rings. The van der Waals surface area contributed by atoms with E-state index in [2.05, 4.69) is 5.92 Å². The Balaban J connectivity index is 2.33. The van der Waals surface area contributed by atoms with Crippen LogP contribution in [0.5, 0.6) is 0 Å². The maximum absolute atomic E-state index is 13.9. The fourth-order valence-corrected chi connectivity index (χ4v) is 2.00. The van der Waals surface area contributed by atoms with Crippen molar-refractivity contribution in [2.45, 2.75) is 13.3 Å². The zero-order valence-corrected chi connectivity index (χ0v) is 9.94. The van der Waals surface area contributed by atoms with Crippen LogP contribution in [0.1, 0.15) is 23.7 Å². The fourth-order valence-electron chi connectivity index (χ4n) is 2.00. The molecule has 1 heterocycles. The molecule has 1 saturated heterocycles. The van der Waals surface area contributed by atoms with E-state index in [1.54, 1.807) is 0 Å². The van der Waals surface area contributed by atoms with Crippen molar-refractivity contribution in [1.29, 1.82) is 0 Å². The Kier molecular flexibility index (Phi) is 3.15. The molecule has 4 heteroatoms. The highest BCUT2D eigenvalue weighted by molar-refractivity contribution is 5.98. The van der Waals surface area contributed by atoms with Crippen molar-refractivity contribution in [2.75, 3.05) is 11.4 Å². The van der Waals surface area contributed by atoms with Crippen molar-refractivity contribution in [1.82, 2.24) is 0 Å². The van der Waals surface area contributed by atoms with Gasteiger partial charge in [0, 0.05) is 24.4 Å². The first kappa shape index (κ1) is 12.3. The number of anilines is 1. The van der Waals surface area contributed by atoms with Gasteiger partial charge >= 0.3 is 0 Å². The first-order valence-electron chi connectivity index (χ1n) is 5.60. The minimum Gasteiger partial charge on any atom is -0.308 e. The van der Waals surface area contributed by atoms with Crippen LogP contribution in [0.15, 0.2) is 18.2 Å². The van der Waals surface area contributed by atoms with Crippen LogP contribution in [0.3, 0.4) is 0 Å². The minimum absolute atomic E-state index is 0.176. The molecule has 1 aromatic carbocycles. The highest BCUT2D eigenvalue weighted by Crippen LogP contribution is 2.27. The number of carbonyl (C=O) groups is 2. The quantitative estimate of drug-likeness (QED) is 0.590. The summed E-state index contributed by atoms with van der Waals surface area (Å²) in [6, 6.07) is 4.11. The van der Waals surface area contributed by atoms with E-state index in [9.17, 15) is 14.0 Å². The summed E-state index contributed by atoms with van der Waals surface area (Å²) >= 11 is 0. The minimum atomic E-state index is -0.575. The lowest BCUT2D eigenvalue weighted by Gasteiger charge is -2.17. The number of amides is 1. The summed E-state index contributed by atoms with van der Waals surface area (Å²) in [6.07, 6.45) is 5.51. The predicted molar refractivity (Wildman–Crippen MR) is 65.7 cm³/mol. The van der Waals surface area contributed by atoms with E-state index in [0.717, 1.165) is 6.07 Å². The Morgan fingerprint density at radius 3 is 2.78 bits per heavy atom. The first-order valence-corrected chi connectivity index (χ1v) is 5.60. The molecular formula is C14H12FNO2. The second-order valence-corrected chi connectivity index (χ2v) is 4.29. The number of hydrogen-bond acceptors (Lipinski definition) is 2. The summed E-state index contributed by atoms with van der Waals surface area (Å²) in [5.41, 5.74) is 0.471. The zero-order chi connectivity index (χ0) is 13.3. The average Bonchev–Trinajstić information content (AvgIpc) is 2.70. The third-order valence-electron chi connectivity index (χ3n) is 3.01. The normalized spacial score (nSPS) is 18.8. The van der Waals surface area contributed by atoms with E-state index in [1.807, 2.05) is 0 Å². The van der Waals surface area contributed by atoms with Crippen molar-refractivity contribution < 1.29 is 14.0 Å². The zero-order valence-electron chi connectivity index (χ0n) is 9.94. The third kappa shape index (κ3) is 2.12. The molecule has 92 valence electrons. The van der Waals surface area contributed by atoms with Gasteiger partial charge in [0.05, 0.1) is 5.69 Å². The van der Waals surface area contributed by atoms with E-state index in [0.29, 0.717) is 6.54 Å². The number of Topliss-reactive ketones (excluding diaryl/α,β-unsaturated/α-hetero) is 1. The Bertz CT molecular complexity index is 559. The molecule has 1 amide bonds. The number of nitrogens with zero attached hydrogens (tertiary/aromatic N) is 1. The summed E-state index contributed by atoms with van der Waals surface area (Å²) in [7, 11) is 0. The van der Waals surface area contributed by atoms with Gasteiger partial charge in [0.15, 0.2) is 5.78 Å². The molecule has 2 rings (SSSR count). The van der Waals surface area contributed by atoms with Gasteiger partial charge in [-0.3, -0.25) is 9.59 Å². The maximum Gasteiger partial charge on any atom is 0.228 e. The molecule has 1 aromatic rings. The molecule has 18 heavy (non-hydrogen) atoms. The lowest BCUT2D eigenvalue weighted by atomic mass is 10.1. The van der Waals surface area contributed by atoms with Gasteiger partial charge in [0.25, 0.3) is 0 Å². The highest BCUT2D eigenvalue weighted by Gasteiger charge is 2.30. The molecule has 0 bridgehead atoms. The number of carbonyl (C=O) groups excluding carboxylic acids is 2.